The summed E-state index contributed by atoms with van der Waals surface area (Å²) < 4.78 is 0. The summed E-state index contributed by atoms with van der Waals surface area (Å²) in [6, 6.07) is 20.0. The average Bonchev–Trinajstić information content (AvgIpc) is 3.40. The molecule has 6 heteroatoms. The molecule has 2 bridgehead atoms. The van der Waals surface area contributed by atoms with Gasteiger partial charge in [0.15, 0.2) is 6.19 Å². The van der Waals surface area contributed by atoms with Crippen LogP contribution in [-0.4, -0.2) is 34.4 Å². The third-order valence-electron chi connectivity index (χ3n) is 6.32. The Bertz CT molecular complexity index is 1120. The number of para-hydroxylation sites is 1. The number of fused-ring (bicyclic) bond motifs is 2. The number of likely N-dealkylation sites (tertiary alicyclic amines) is 1. The number of pyridine rings is 1. The molecule has 1 aliphatic heterocycles. The van der Waals surface area contributed by atoms with Gasteiger partial charge in [-0.2, -0.15) is 5.26 Å². The lowest BCUT2D eigenvalue weighted by Crippen LogP contribution is -2.44. The number of amides is 1. The van der Waals surface area contributed by atoms with Crippen molar-refractivity contribution in [3.63, 3.8) is 0 Å². The first-order valence-electron chi connectivity index (χ1n) is 10.5. The van der Waals surface area contributed by atoms with Crippen LogP contribution >= 0.6 is 0 Å². The number of anilines is 2. The van der Waals surface area contributed by atoms with E-state index in [1.54, 1.807) is 6.20 Å². The molecule has 2 unspecified atom stereocenters. The summed E-state index contributed by atoms with van der Waals surface area (Å²) in [6.07, 6.45) is 7.70. The van der Waals surface area contributed by atoms with Crippen LogP contribution in [-0.2, 0) is 0 Å². The number of carbonyl (C=O) groups is 1. The van der Waals surface area contributed by atoms with E-state index in [-0.39, 0.29) is 18.0 Å². The summed E-state index contributed by atoms with van der Waals surface area (Å²) in [4.78, 5) is 18.9. The number of nitriles is 1. The van der Waals surface area contributed by atoms with Crippen LogP contribution in [0.25, 0.3) is 11.1 Å². The number of piperidine rings is 1. The van der Waals surface area contributed by atoms with E-state index in [1.165, 1.54) is 0 Å². The van der Waals surface area contributed by atoms with Gasteiger partial charge in [-0.05, 0) is 54.7 Å². The van der Waals surface area contributed by atoms with E-state index in [0.717, 1.165) is 41.9 Å². The summed E-state index contributed by atoms with van der Waals surface area (Å²) >= 11 is 0. The highest BCUT2D eigenvalue weighted by Gasteiger charge is 2.45. The van der Waals surface area contributed by atoms with Crippen LogP contribution in [0.4, 0.5) is 11.4 Å². The molecule has 2 N–H and O–H groups in total. The number of benzene rings is 2. The molecule has 6 nitrogen and oxygen atoms in total. The van der Waals surface area contributed by atoms with Gasteiger partial charge in [-0.15, -0.1) is 0 Å². The minimum atomic E-state index is -0.0542. The van der Waals surface area contributed by atoms with Crippen molar-refractivity contribution in [2.75, 3.05) is 11.9 Å². The van der Waals surface area contributed by atoms with Crippen molar-refractivity contribution in [2.24, 2.45) is 5.92 Å². The Labute approximate surface area is 181 Å². The molecule has 1 amide bonds. The molecule has 3 atom stereocenters. The average molecular weight is 409 g/mol. The molecular formula is C25H23N5O. The topological polar surface area (TPSA) is 81.1 Å². The van der Waals surface area contributed by atoms with Crippen LogP contribution in [0, 0.1) is 17.4 Å². The Kier molecular flexibility index (Phi) is 5.01. The molecule has 0 radical (unpaired) electrons. The molecular weight excluding hydrogens is 386 g/mol. The van der Waals surface area contributed by atoms with Crippen molar-refractivity contribution >= 4 is 17.3 Å². The molecule has 1 aliphatic carbocycles. The number of carbonyl (C=O) groups excluding carboxylic acids is 1. The second-order valence-electron chi connectivity index (χ2n) is 8.21. The van der Waals surface area contributed by atoms with E-state index in [0.29, 0.717) is 11.5 Å². The minimum Gasteiger partial charge on any atom is -0.355 e. The highest BCUT2D eigenvalue weighted by atomic mass is 16.1. The van der Waals surface area contributed by atoms with Crippen LogP contribution < -0.4 is 10.6 Å². The summed E-state index contributed by atoms with van der Waals surface area (Å²) in [5.41, 5.74) is 4.58. The Morgan fingerprint density at radius 1 is 1.06 bits per heavy atom. The molecule has 5 rings (SSSR count). The van der Waals surface area contributed by atoms with Crippen LogP contribution in [0.2, 0.25) is 0 Å². The zero-order chi connectivity index (χ0) is 21.2. The molecule has 2 aliphatic rings. The fourth-order valence-corrected chi connectivity index (χ4v) is 4.72. The van der Waals surface area contributed by atoms with Crippen molar-refractivity contribution in [1.82, 2.24) is 15.2 Å². The first-order chi connectivity index (χ1) is 15.2. The van der Waals surface area contributed by atoms with Gasteiger partial charge in [-0.1, -0.05) is 30.3 Å². The molecule has 2 fully saturated rings. The Morgan fingerprint density at radius 3 is 2.58 bits per heavy atom. The number of hydrogen-bond acceptors (Lipinski definition) is 5. The molecule has 2 heterocycles. The van der Waals surface area contributed by atoms with E-state index in [9.17, 15) is 4.79 Å². The molecule has 154 valence electrons. The van der Waals surface area contributed by atoms with Crippen molar-refractivity contribution in [1.29, 1.82) is 5.26 Å². The van der Waals surface area contributed by atoms with E-state index < -0.39 is 0 Å². The van der Waals surface area contributed by atoms with Crippen LogP contribution in [0.3, 0.4) is 0 Å². The smallest absolute Gasteiger partial charge is 0.251 e. The largest absolute Gasteiger partial charge is 0.355 e. The van der Waals surface area contributed by atoms with Gasteiger partial charge in [-0.3, -0.25) is 9.78 Å². The Balaban J connectivity index is 1.29. The highest BCUT2D eigenvalue weighted by molar-refractivity contribution is 5.95. The van der Waals surface area contributed by atoms with Crippen molar-refractivity contribution in [3.8, 4) is 17.3 Å². The quantitative estimate of drug-likeness (QED) is 0.618. The lowest BCUT2D eigenvalue weighted by molar-refractivity contribution is 0.0917. The van der Waals surface area contributed by atoms with Crippen LogP contribution in [0.1, 0.15) is 23.2 Å². The maximum Gasteiger partial charge on any atom is 0.251 e. The third-order valence-corrected chi connectivity index (χ3v) is 6.32. The summed E-state index contributed by atoms with van der Waals surface area (Å²) in [7, 11) is 0. The summed E-state index contributed by atoms with van der Waals surface area (Å²) in [6.45, 7) is 0.753. The molecule has 1 aromatic heterocycles. The fraction of sp³-hybridized carbons (Fsp3) is 0.240. The maximum atomic E-state index is 12.8. The molecule has 0 spiro atoms. The number of aromatic nitrogens is 1. The monoisotopic (exact) mass is 409 g/mol. The highest BCUT2D eigenvalue weighted by Crippen LogP contribution is 2.37. The van der Waals surface area contributed by atoms with E-state index in [1.807, 2.05) is 71.8 Å². The van der Waals surface area contributed by atoms with Crippen molar-refractivity contribution < 1.29 is 4.79 Å². The predicted molar refractivity (Wildman–Crippen MR) is 119 cm³/mol. The Hall–Kier alpha value is -3.85. The van der Waals surface area contributed by atoms with Gasteiger partial charge >= 0.3 is 0 Å². The fourth-order valence-electron chi connectivity index (χ4n) is 4.72. The Morgan fingerprint density at radius 2 is 1.87 bits per heavy atom. The zero-order valence-electron chi connectivity index (χ0n) is 17.0. The maximum absolute atomic E-state index is 12.8. The number of nitrogens with one attached hydrogen (secondary N) is 2. The van der Waals surface area contributed by atoms with Gasteiger partial charge in [0.1, 0.15) is 0 Å². The van der Waals surface area contributed by atoms with Gasteiger partial charge in [-0.25, -0.2) is 0 Å². The van der Waals surface area contributed by atoms with E-state index in [2.05, 4.69) is 21.8 Å². The van der Waals surface area contributed by atoms with Gasteiger partial charge in [0, 0.05) is 53.5 Å². The normalized spacial score (nSPS) is 21.5. The SMILES string of the molecule is N#CN1CC2C[C@@H]1CC2NC(=O)c1ccc(-c2cnccc2Nc2ccccc2)cc1. The summed E-state index contributed by atoms with van der Waals surface area (Å²) in [5.74, 6) is 0.316. The number of rotatable bonds is 5. The molecule has 2 aromatic carbocycles. The van der Waals surface area contributed by atoms with E-state index in [4.69, 9.17) is 5.26 Å². The molecule has 31 heavy (non-hydrogen) atoms. The lowest BCUT2D eigenvalue weighted by atomic mass is 10.0. The van der Waals surface area contributed by atoms with Crippen LogP contribution in [0.5, 0.6) is 0 Å². The van der Waals surface area contributed by atoms with Gasteiger partial charge < -0.3 is 15.5 Å². The molecule has 1 saturated carbocycles. The van der Waals surface area contributed by atoms with Gasteiger partial charge in [0.25, 0.3) is 5.91 Å². The second-order valence-corrected chi connectivity index (χ2v) is 8.21. The van der Waals surface area contributed by atoms with Crippen LogP contribution in [0.15, 0.2) is 73.1 Å². The molecule has 1 saturated heterocycles. The number of nitrogens with zero attached hydrogens (tertiary/aromatic N) is 3. The molecule has 3 aromatic rings. The van der Waals surface area contributed by atoms with Crippen molar-refractivity contribution in [3.05, 3.63) is 78.6 Å². The minimum absolute atomic E-state index is 0.0542. The standard InChI is InChI=1S/C25H23N5O/c26-16-30-15-19-12-21(30)13-24(19)29-25(31)18-8-6-17(7-9-18)22-14-27-11-10-23(22)28-20-4-2-1-3-5-20/h1-11,14,19,21,24H,12-13,15H2,(H,27,28)(H,29,31)/t19?,21-,24?/m1/s1. The summed E-state index contributed by atoms with van der Waals surface area (Å²) in [5, 5.41) is 15.7. The lowest BCUT2D eigenvalue weighted by Gasteiger charge is -2.28. The van der Waals surface area contributed by atoms with E-state index >= 15 is 0 Å². The first-order valence-corrected chi connectivity index (χ1v) is 10.5. The zero-order valence-corrected chi connectivity index (χ0v) is 17.0. The second kappa shape index (κ2) is 8.11. The van der Waals surface area contributed by atoms with Crippen molar-refractivity contribution in [2.45, 2.75) is 24.9 Å². The third kappa shape index (κ3) is 3.82. The predicted octanol–water partition coefficient (Wildman–Crippen LogP) is 4.17. The number of hydrogen-bond donors (Lipinski definition) is 2. The van der Waals surface area contributed by atoms with Gasteiger partial charge in [0.05, 0.1) is 0 Å². The first kappa shape index (κ1) is 19.1. The van der Waals surface area contributed by atoms with Gasteiger partial charge in [0.2, 0.25) is 0 Å².